The number of aliphatic hydroxyl groups excluding tert-OH is 1. The summed E-state index contributed by atoms with van der Waals surface area (Å²) < 4.78 is 21.8. The fourth-order valence-electron chi connectivity index (χ4n) is 3.66. The number of halogens is 1. The van der Waals surface area contributed by atoms with Gasteiger partial charge in [0.2, 0.25) is 0 Å². The van der Waals surface area contributed by atoms with E-state index in [1.807, 2.05) is 30.3 Å². The zero-order chi connectivity index (χ0) is 22.7. The van der Waals surface area contributed by atoms with Gasteiger partial charge in [-0.15, -0.1) is 0 Å². The number of carbonyl (C=O) groups is 1. The number of hydrogen-bond acceptors (Lipinski definition) is 4. The zero-order valence-electron chi connectivity index (χ0n) is 17.9. The van der Waals surface area contributed by atoms with E-state index in [0.717, 1.165) is 5.56 Å². The highest BCUT2D eigenvalue weighted by Gasteiger charge is 2.22. The average Bonchev–Trinajstić information content (AvgIpc) is 3.15. The molecule has 2 aromatic heterocycles. The van der Waals surface area contributed by atoms with E-state index in [1.165, 1.54) is 0 Å². The number of hydrogen-bond donors (Lipinski definition) is 2. The first-order valence-electron chi connectivity index (χ1n) is 10.3. The SMILES string of the molecule is Cc1cccc(COc2cccn3c(C(=O)N[C@@H](CO)c4ccccc4)c(C)nc23)c1F. The molecular weight excluding hydrogens is 409 g/mol. The fraction of sp³-hybridized carbons (Fsp3) is 0.200. The Morgan fingerprint density at radius 3 is 2.66 bits per heavy atom. The van der Waals surface area contributed by atoms with Gasteiger partial charge in [0.25, 0.3) is 5.91 Å². The molecule has 0 aliphatic heterocycles. The van der Waals surface area contributed by atoms with Gasteiger partial charge in [-0.2, -0.15) is 0 Å². The predicted molar refractivity (Wildman–Crippen MR) is 119 cm³/mol. The quantitative estimate of drug-likeness (QED) is 0.460. The minimum Gasteiger partial charge on any atom is -0.485 e. The Morgan fingerprint density at radius 2 is 1.91 bits per heavy atom. The van der Waals surface area contributed by atoms with Crippen molar-refractivity contribution < 1.29 is 19.0 Å². The van der Waals surface area contributed by atoms with Crippen LogP contribution in [-0.4, -0.2) is 27.0 Å². The number of ether oxygens (including phenoxy) is 1. The summed E-state index contributed by atoms with van der Waals surface area (Å²) in [6, 6.07) is 17.4. The van der Waals surface area contributed by atoms with E-state index in [0.29, 0.717) is 33.9 Å². The molecule has 1 atom stereocenters. The Hall–Kier alpha value is -3.71. The van der Waals surface area contributed by atoms with Gasteiger partial charge < -0.3 is 15.2 Å². The number of aromatic nitrogens is 2. The number of aryl methyl sites for hydroxylation is 2. The molecular formula is C25H24FN3O3. The molecule has 6 nitrogen and oxygen atoms in total. The van der Waals surface area contributed by atoms with E-state index in [-0.39, 0.29) is 24.9 Å². The van der Waals surface area contributed by atoms with Crippen LogP contribution in [0.5, 0.6) is 5.75 Å². The molecule has 0 radical (unpaired) electrons. The molecule has 0 saturated carbocycles. The topological polar surface area (TPSA) is 75.9 Å². The van der Waals surface area contributed by atoms with Crippen LogP contribution in [0.15, 0.2) is 66.9 Å². The Morgan fingerprint density at radius 1 is 1.12 bits per heavy atom. The van der Waals surface area contributed by atoms with E-state index < -0.39 is 6.04 Å². The van der Waals surface area contributed by atoms with Gasteiger partial charge in [-0.25, -0.2) is 9.37 Å². The van der Waals surface area contributed by atoms with Gasteiger partial charge >= 0.3 is 0 Å². The molecule has 0 saturated heterocycles. The second-order valence-corrected chi connectivity index (χ2v) is 7.57. The minimum absolute atomic E-state index is 0.0429. The van der Waals surface area contributed by atoms with Crippen LogP contribution in [0.25, 0.3) is 5.65 Å². The molecule has 2 aromatic carbocycles. The lowest BCUT2D eigenvalue weighted by atomic mass is 10.1. The van der Waals surface area contributed by atoms with E-state index in [1.54, 1.807) is 54.8 Å². The lowest BCUT2D eigenvalue weighted by molar-refractivity contribution is 0.0909. The molecule has 0 aliphatic rings. The monoisotopic (exact) mass is 433 g/mol. The lowest BCUT2D eigenvalue weighted by Crippen LogP contribution is -2.32. The smallest absolute Gasteiger partial charge is 0.270 e. The van der Waals surface area contributed by atoms with Crippen molar-refractivity contribution in [2.75, 3.05) is 6.61 Å². The molecule has 0 unspecified atom stereocenters. The second kappa shape index (κ2) is 9.20. The number of benzene rings is 2. The number of nitrogens with zero attached hydrogens (tertiary/aromatic N) is 2. The van der Waals surface area contributed by atoms with Gasteiger partial charge in [-0.1, -0.05) is 48.5 Å². The van der Waals surface area contributed by atoms with Crippen molar-refractivity contribution in [1.82, 2.24) is 14.7 Å². The largest absolute Gasteiger partial charge is 0.485 e. The number of imidazole rings is 1. The molecule has 4 rings (SSSR count). The van der Waals surface area contributed by atoms with Crippen molar-refractivity contribution in [3.63, 3.8) is 0 Å². The Labute approximate surface area is 185 Å². The summed E-state index contributed by atoms with van der Waals surface area (Å²) in [7, 11) is 0. The molecule has 0 spiro atoms. The number of nitrogens with one attached hydrogen (secondary N) is 1. The summed E-state index contributed by atoms with van der Waals surface area (Å²) in [5, 5.41) is 12.7. The van der Waals surface area contributed by atoms with Crippen LogP contribution in [-0.2, 0) is 6.61 Å². The molecule has 1 amide bonds. The van der Waals surface area contributed by atoms with Gasteiger partial charge in [-0.05, 0) is 37.1 Å². The molecule has 164 valence electrons. The molecule has 4 aromatic rings. The first-order chi connectivity index (χ1) is 15.5. The maximum atomic E-state index is 14.3. The first-order valence-corrected chi connectivity index (χ1v) is 10.3. The van der Waals surface area contributed by atoms with Crippen LogP contribution in [0, 0.1) is 19.7 Å². The standard InChI is InChI=1S/C25H24FN3O3/c1-16-8-6-11-19(22(16)26)15-32-21-12-7-13-29-23(17(2)27-24(21)29)25(31)28-20(14-30)18-9-4-3-5-10-18/h3-13,20,30H,14-15H2,1-2H3,(H,28,31)/t20-/m0/s1. The second-order valence-electron chi connectivity index (χ2n) is 7.57. The van der Waals surface area contributed by atoms with E-state index in [2.05, 4.69) is 10.3 Å². The summed E-state index contributed by atoms with van der Waals surface area (Å²) in [4.78, 5) is 17.6. The first kappa shape index (κ1) is 21.5. The lowest BCUT2D eigenvalue weighted by Gasteiger charge is -2.17. The van der Waals surface area contributed by atoms with Gasteiger partial charge in [0, 0.05) is 11.8 Å². The van der Waals surface area contributed by atoms with Gasteiger partial charge in [-0.3, -0.25) is 9.20 Å². The molecule has 0 aliphatic carbocycles. The van der Waals surface area contributed by atoms with Gasteiger partial charge in [0.1, 0.15) is 18.1 Å². The van der Waals surface area contributed by atoms with Gasteiger partial charge in [0.05, 0.1) is 18.3 Å². The Kier molecular flexibility index (Phi) is 6.18. The van der Waals surface area contributed by atoms with Crippen LogP contribution < -0.4 is 10.1 Å². The minimum atomic E-state index is -0.544. The zero-order valence-corrected chi connectivity index (χ0v) is 17.9. The summed E-state index contributed by atoms with van der Waals surface area (Å²) in [6.07, 6.45) is 1.72. The number of rotatable bonds is 7. The molecule has 32 heavy (non-hydrogen) atoms. The fourth-order valence-corrected chi connectivity index (χ4v) is 3.66. The summed E-state index contributed by atoms with van der Waals surface area (Å²) in [6.45, 7) is 3.25. The maximum absolute atomic E-state index is 14.3. The van der Waals surface area contributed by atoms with Crippen molar-refractivity contribution in [2.24, 2.45) is 0 Å². The van der Waals surface area contributed by atoms with Crippen molar-refractivity contribution >= 4 is 11.6 Å². The van der Waals surface area contributed by atoms with Crippen LogP contribution in [0.1, 0.15) is 38.9 Å². The third kappa shape index (κ3) is 4.20. The van der Waals surface area contributed by atoms with Crippen LogP contribution in [0.3, 0.4) is 0 Å². The Bertz CT molecular complexity index is 1250. The number of pyridine rings is 1. The van der Waals surface area contributed by atoms with Crippen LogP contribution in [0.4, 0.5) is 4.39 Å². The van der Waals surface area contributed by atoms with E-state index >= 15 is 0 Å². The van der Waals surface area contributed by atoms with E-state index in [4.69, 9.17) is 4.74 Å². The molecule has 0 fully saturated rings. The molecule has 0 bridgehead atoms. The predicted octanol–water partition coefficient (Wildman–Crippen LogP) is 4.13. The Balaban J connectivity index is 1.60. The highest BCUT2D eigenvalue weighted by atomic mass is 19.1. The number of aliphatic hydroxyl groups is 1. The number of carbonyl (C=O) groups excluding carboxylic acids is 1. The summed E-state index contributed by atoms with van der Waals surface area (Å²) in [5.74, 6) is -0.216. The van der Waals surface area contributed by atoms with Crippen molar-refractivity contribution in [3.8, 4) is 5.75 Å². The van der Waals surface area contributed by atoms with E-state index in [9.17, 15) is 14.3 Å². The van der Waals surface area contributed by atoms with Crippen molar-refractivity contribution in [3.05, 3.63) is 101 Å². The highest BCUT2D eigenvalue weighted by molar-refractivity contribution is 5.95. The molecule has 2 N–H and O–H groups in total. The van der Waals surface area contributed by atoms with Gasteiger partial charge in [0.15, 0.2) is 11.4 Å². The summed E-state index contributed by atoms with van der Waals surface area (Å²) in [5.41, 5.74) is 3.13. The van der Waals surface area contributed by atoms with Crippen LogP contribution in [0.2, 0.25) is 0 Å². The third-order valence-corrected chi connectivity index (χ3v) is 5.35. The number of fused-ring (bicyclic) bond motifs is 1. The van der Waals surface area contributed by atoms with Crippen LogP contribution >= 0.6 is 0 Å². The molecule has 2 heterocycles. The third-order valence-electron chi connectivity index (χ3n) is 5.35. The number of amides is 1. The maximum Gasteiger partial charge on any atom is 0.270 e. The highest BCUT2D eigenvalue weighted by Crippen LogP contribution is 2.24. The normalized spacial score (nSPS) is 12.0. The van der Waals surface area contributed by atoms with Crippen molar-refractivity contribution in [2.45, 2.75) is 26.5 Å². The van der Waals surface area contributed by atoms with Crippen molar-refractivity contribution in [1.29, 1.82) is 0 Å². The molecule has 7 heteroatoms. The average molecular weight is 433 g/mol. The summed E-state index contributed by atoms with van der Waals surface area (Å²) >= 11 is 0.